The van der Waals surface area contributed by atoms with Gasteiger partial charge in [0.25, 0.3) is 0 Å². The minimum absolute atomic E-state index is 0.158. The van der Waals surface area contributed by atoms with Crippen molar-refractivity contribution in [2.24, 2.45) is 0 Å². The number of hydrogen-bond donors (Lipinski definition) is 1. The number of nitrogens with zero attached hydrogens (tertiary/aromatic N) is 1. The number of carbonyl (C=O) groups is 1. The van der Waals surface area contributed by atoms with Gasteiger partial charge in [0.2, 0.25) is 5.76 Å². The molecule has 110 valence electrons. The second kappa shape index (κ2) is 4.23. The summed E-state index contributed by atoms with van der Waals surface area (Å²) in [5, 5.41) is 7.41. The van der Waals surface area contributed by atoms with Gasteiger partial charge in [-0.25, -0.2) is 4.79 Å². The molecule has 0 saturated heterocycles. The van der Waals surface area contributed by atoms with Crippen LogP contribution in [0.1, 0.15) is 53.6 Å². The Kier molecular flexibility index (Phi) is 2.55. The molecule has 2 aliphatic rings. The molecule has 0 amide bonds. The maximum Gasteiger partial charge on any atom is 0.374 e. The van der Waals surface area contributed by atoms with Gasteiger partial charge in [-0.2, -0.15) is 5.10 Å². The normalized spacial score (nSPS) is 18.0. The second-order valence-corrected chi connectivity index (χ2v) is 6.03. The molecule has 0 aliphatic heterocycles. The van der Waals surface area contributed by atoms with Crippen molar-refractivity contribution in [2.45, 2.75) is 44.9 Å². The highest BCUT2D eigenvalue weighted by Crippen LogP contribution is 2.54. The number of carbonyl (C=O) groups excluding carboxylic acids is 1. The molecule has 0 bridgehead atoms. The van der Waals surface area contributed by atoms with E-state index >= 15 is 0 Å². The Morgan fingerprint density at radius 2 is 2.33 bits per heavy atom. The summed E-state index contributed by atoms with van der Waals surface area (Å²) >= 11 is 0. The van der Waals surface area contributed by atoms with Crippen LogP contribution in [0.3, 0.4) is 0 Å². The van der Waals surface area contributed by atoms with Crippen LogP contribution in [0.15, 0.2) is 10.6 Å². The molecule has 21 heavy (non-hydrogen) atoms. The van der Waals surface area contributed by atoms with Gasteiger partial charge in [-0.3, -0.25) is 5.10 Å². The van der Waals surface area contributed by atoms with E-state index in [1.54, 1.807) is 6.92 Å². The third-order valence-electron chi connectivity index (χ3n) is 4.94. The minimum atomic E-state index is -0.385. The van der Waals surface area contributed by atoms with Crippen molar-refractivity contribution in [1.82, 2.24) is 10.2 Å². The third-order valence-corrected chi connectivity index (χ3v) is 4.94. The molecule has 0 radical (unpaired) electrons. The number of esters is 1. The van der Waals surface area contributed by atoms with Gasteiger partial charge in [0.1, 0.15) is 5.76 Å². The summed E-state index contributed by atoms with van der Waals surface area (Å²) in [6.07, 6.45) is 6.42. The van der Waals surface area contributed by atoms with Crippen LogP contribution in [0, 0.1) is 6.92 Å². The standard InChI is InChI=1S/C16H18N2O3/c1-3-20-15(19)14-9(2)12-11(21-14)7-16(5-4-6-16)10-8-17-18-13(10)12/h8H,3-7H2,1-2H3,(H,17,18). The Balaban J connectivity index is 1.86. The summed E-state index contributed by atoms with van der Waals surface area (Å²) in [5.41, 5.74) is 4.21. The van der Waals surface area contributed by atoms with E-state index in [0.29, 0.717) is 12.4 Å². The molecular formula is C16H18N2O3. The van der Waals surface area contributed by atoms with Crippen LogP contribution in [-0.2, 0) is 16.6 Å². The third kappa shape index (κ3) is 1.57. The first-order valence-corrected chi connectivity index (χ1v) is 7.50. The van der Waals surface area contributed by atoms with Crippen LogP contribution in [0.2, 0.25) is 0 Å². The fourth-order valence-electron chi connectivity index (χ4n) is 3.74. The zero-order valence-corrected chi connectivity index (χ0v) is 12.3. The van der Waals surface area contributed by atoms with Crippen molar-refractivity contribution < 1.29 is 13.9 Å². The predicted molar refractivity (Wildman–Crippen MR) is 76.2 cm³/mol. The first-order valence-electron chi connectivity index (χ1n) is 7.50. The molecule has 2 aromatic rings. The van der Waals surface area contributed by atoms with Crippen LogP contribution in [0.4, 0.5) is 0 Å². The highest BCUT2D eigenvalue weighted by atomic mass is 16.5. The Morgan fingerprint density at radius 3 is 3.00 bits per heavy atom. The van der Waals surface area contributed by atoms with Crippen LogP contribution >= 0.6 is 0 Å². The largest absolute Gasteiger partial charge is 0.460 e. The summed E-state index contributed by atoms with van der Waals surface area (Å²) in [7, 11) is 0. The van der Waals surface area contributed by atoms with E-state index in [4.69, 9.17) is 9.15 Å². The average Bonchev–Trinajstić information content (AvgIpc) is 3.00. The fraction of sp³-hybridized carbons (Fsp3) is 0.500. The highest BCUT2D eigenvalue weighted by Gasteiger charge is 2.47. The quantitative estimate of drug-likeness (QED) is 0.861. The average molecular weight is 286 g/mol. The van der Waals surface area contributed by atoms with Gasteiger partial charge in [0, 0.05) is 34.7 Å². The maximum atomic E-state index is 12.0. The molecule has 4 rings (SSSR count). The lowest BCUT2D eigenvalue weighted by Crippen LogP contribution is -2.38. The van der Waals surface area contributed by atoms with Crippen molar-refractivity contribution in [3.8, 4) is 11.3 Å². The fourth-order valence-corrected chi connectivity index (χ4v) is 3.74. The second-order valence-electron chi connectivity index (χ2n) is 6.03. The lowest BCUT2D eigenvalue weighted by Gasteiger charge is -2.43. The topological polar surface area (TPSA) is 68.1 Å². The Labute approximate surface area is 122 Å². The number of fused-ring (bicyclic) bond motifs is 4. The van der Waals surface area contributed by atoms with Gasteiger partial charge in [0.15, 0.2) is 0 Å². The first-order chi connectivity index (χ1) is 10.2. The number of furan rings is 1. The molecule has 2 aromatic heterocycles. The number of ether oxygens (including phenoxy) is 1. The molecule has 2 aliphatic carbocycles. The summed E-state index contributed by atoms with van der Waals surface area (Å²) in [4.78, 5) is 12.0. The van der Waals surface area contributed by atoms with E-state index < -0.39 is 0 Å². The molecule has 0 unspecified atom stereocenters. The van der Waals surface area contributed by atoms with Gasteiger partial charge in [-0.05, 0) is 26.7 Å². The van der Waals surface area contributed by atoms with E-state index in [9.17, 15) is 4.79 Å². The van der Waals surface area contributed by atoms with Crippen molar-refractivity contribution in [1.29, 1.82) is 0 Å². The van der Waals surface area contributed by atoms with Crippen molar-refractivity contribution in [3.63, 3.8) is 0 Å². The van der Waals surface area contributed by atoms with E-state index in [-0.39, 0.29) is 11.4 Å². The van der Waals surface area contributed by atoms with Crippen molar-refractivity contribution >= 4 is 5.97 Å². The van der Waals surface area contributed by atoms with Gasteiger partial charge in [-0.1, -0.05) is 6.42 Å². The molecule has 1 N–H and O–H groups in total. The lowest BCUT2D eigenvalue weighted by atomic mass is 9.59. The zero-order chi connectivity index (χ0) is 14.6. The Morgan fingerprint density at radius 1 is 1.52 bits per heavy atom. The number of aromatic nitrogens is 2. The van der Waals surface area contributed by atoms with Gasteiger partial charge in [0.05, 0.1) is 12.3 Å². The molecule has 1 saturated carbocycles. The number of nitrogens with one attached hydrogen (secondary N) is 1. The van der Waals surface area contributed by atoms with Gasteiger partial charge < -0.3 is 9.15 Å². The van der Waals surface area contributed by atoms with Crippen molar-refractivity contribution in [3.05, 3.63) is 28.8 Å². The summed E-state index contributed by atoms with van der Waals surface area (Å²) in [6.45, 7) is 4.05. The smallest absolute Gasteiger partial charge is 0.374 e. The molecule has 0 atom stereocenters. The number of rotatable bonds is 2. The molecular weight excluding hydrogens is 268 g/mol. The monoisotopic (exact) mass is 286 g/mol. The van der Waals surface area contributed by atoms with Gasteiger partial charge >= 0.3 is 5.97 Å². The number of aromatic amines is 1. The highest BCUT2D eigenvalue weighted by molar-refractivity contribution is 5.91. The maximum absolute atomic E-state index is 12.0. The number of hydrogen-bond acceptors (Lipinski definition) is 4. The lowest BCUT2D eigenvalue weighted by molar-refractivity contribution is 0.0485. The van der Waals surface area contributed by atoms with Crippen LogP contribution in [-0.4, -0.2) is 22.8 Å². The molecule has 1 spiro atoms. The van der Waals surface area contributed by atoms with E-state index in [2.05, 4.69) is 10.2 Å². The SMILES string of the molecule is CCOC(=O)c1oc2c(c1C)-c1n[nH]cc1C1(CCC1)C2. The summed E-state index contributed by atoms with van der Waals surface area (Å²) < 4.78 is 11.0. The zero-order valence-electron chi connectivity index (χ0n) is 12.3. The molecule has 1 fully saturated rings. The number of H-pyrrole nitrogens is 1. The molecule has 2 heterocycles. The van der Waals surface area contributed by atoms with Gasteiger partial charge in [-0.15, -0.1) is 0 Å². The predicted octanol–water partition coefficient (Wildman–Crippen LogP) is 3.13. The van der Waals surface area contributed by atoms with E-state index in [1.165, 1.54) is 12.0 Å². The Bertz CT molecular complexity index is 722. The van der Waals surface area contributed by atoms with Crippen LogP contribution in [0.25, 0.3) is 11.3 Å². The van der Waals surface area contributed by atoms with Crippen LogP contribution < -0.4 is 0 Å². The van der Waals surface area contributed by atoms with Crippen molar-refractivity contribution in [2.75, 3.05) is 6.61 Å². The summed E-state index contributed by atoms with van der Waals surface area (Å²) in [6, 6.07) is 0. The molecule has 5 heteroatoms. The molecule has 5 nitrogen and oxygen atoms in total. The molecule has 0 aromatic carbocycles. The van der Waals surface area contributed by atoms with E-state index in [1.807, 2.05) is 13.1 Å². The Hall–Kier alpha value is -2.04. The van der Waals surface area contributed by atoms with E-state index in [0.717, 1.165) is 41.8 Å². The first kappa shape index (κ1) is 12.7. The summed E-state index contributed by atoms with van der Waals surface area (Å²) in [5.74, 6) is 0.825. The minimum Gasteiger partial charge on any atom is -0.460 e. The van der Waals surface area contributed by atoms with Crippen LogP contribution in [0.5, 0.6) is 0 Å².